The summed E-state index contributed by atoms with van der Waals surface area (Å²) >= 11 is 6.47. The quantitative estimate of drug-likeness (QED) is 0.594. The third-order valence-corrected chi connectivity index (χ3v) is 6.19. The monoisotopic (exact) mass is 466 g/mol. The van der Waals surface area contributed by atoms with E-state index in [0.29, 0.717) is 53.6 Å². The van der Waals surface area contributed by atoms with Crippen LogP contribution in [0.3, 0.4) is 0 Å². The van der Waals surface area contributed by atoms with Crippen molar-refractivity contribution in [3.63, 3.8) is 0 Å². The summed E-state index contributed by atoms with van der Waals surface area (Å²) in [5.74, 6) is 0.0567. The van der Waals surface area contributed by atoms with Crippen molar-refractivity contribution in [1.82, 2.24) is 19.8 Å². The Hall–Kier alpha value is -2.20. The fourth-order valence-electron chi connectivity index (χ4n) is 4.48. The molecule has 2 aromatic rings. The molecule has 0 aliphatic carbocycles. The van der Waals surface area contributed by atoms with Crippen molar-refractivity contribution in [1.29, 1.82) is 0 Å². The van der Waals surface area contributed by atoms with Crippen molar-refractivity contribution in [3.8, 4) is 5.88 Å². The summed E-state index contributed by atoms with van der Waals surface area (Å²) in [7, 11) is 1.53. The Balaban J connectivity index is 1.82. The lowest BCUT2D eigenvalue weighted by molar-refractivity contribution is -0.0368. The van der Waals surface area contributed by atoms with Gasteiger partial charge in [-0.3, -0.25) is 14.8 Å². The number of aromatic nitrogens is 2. The highest BCUT2D eigenvalue weighted by atomic mass is 35.5. The summed E-state index contributed by atoms with van der Waals surface area (Å²) in [5, 5.41) is 31.1. The molecule has 32 heavy (non-hydrogen) atoms. The van der Waals surface area contributed by atoms with Gasteiger partial charge in [-0.15, -0.1) is 0 Å². The van der Waals surface area contributed by atoms with Gasteiger partial charge < -0.3 is 20.1 Å². The Bertz CT molecular complexity index is 967. The first-order valence-electron chi connectivity index (χ1n) is 10.6. The van der Waals surface area contributed by atoms with Crippen LogP contribution < -0.4 is 4.74 Å². The van der Waals surface area contributed by atoms with Gasteiger partial charge in [0.1, 0.15) is 0 Å². The maximum absolute atomic E-state index is 11.8. The van der Waals surface area contributed by atoms with Gasteiger partial charge in [-0.25, -0.2) is 9.78 Å². The van der Waals surface area contributed by atoms with E-state index in [0.717, 1.165) is 0 Å². The molecule has 9 nitrogen and oxygen atoms in total. The molecule has 2 aromatic heterocycles. The highest BCUT2D eigenvalue weighted by Crippen LogP contribution is 2.33. The number of nitrogens with zero attached hydrogens (tertiary/aromatic N) is 4. The molecule has 1 amide bonds. The molecule has 3 N–H and O–H groups in total. The second kappa shape index (κ2) is 9.74. The van der Waals surface area contributed by atoms with E-state index in [2.05, 4.69) is 9.97 Å². The molecule has 3 rings (SSSR count). The summed E-state index contributed by atoms with van der Waals surface area (Å²) in [6, 6.07) is 3.01. The highest BCUT2D eigenvalue weighted by Gasteiger charge is 2.40. The minimum absolute atomic E-state index is 0.170. The van der Waals surface area contributed by atoms with Gasteiger partial charge in [-0.05, 0) is 33.3 Å². The lowest BCUT2D eigenvalue weighted by Gasteiger charge is -2.46. The number of halogens is 1. The first kappa shape index (κ1) is 24.4. The number of piperidine rings is 1. The number of pyridine rings is 2. The topological polar surface area (TPSA) is 119 Å². The molecular weight excluding hydrogens is 436 g/mol. The third kappa shape index (κ3) is 5.06. The van der Waals surface area contributed by atoms with Crippen molar-refractivity contribution in [3.05, 3.63) is 28.9 Å². The van der Waals surface area contributed by atoms with E-state index in [1.54, 1.807) is 18.3 Å². The van der Waals surface area contributed by atoms with E-state index in [1.807, 2.05) is 25.7 Å². The van der Waals surface area contributed by atoms with Gasteiger partial charge >= 0.3 is 6.09 Å². The average Bonchev–Trinajstić information content (AvgIpc) is 2.72. The molecule has 1 aliphatic heterocycles. The summed E-state index contributed by atoms with van der Waals surface area (Å²) < 4.78 is 5.23. The first-order valence-corrected chi connectivity index (χ1v) is 11.0. The largest absolute Gasteiger partial charge is 0.481 e. The SMILES string of the molecule is COc1ccc2ncc(Cl)c(C(CO)CN3CC[C@H](N(C(=O)O)C(C)(C)C)[C@@H](O)C3)c2n1. The molecule has 10 heteroatoms. The number of aliphatic hydroxyl groups excluding tert-OH is 2. The Morgan fingerprint density at radius 3 is 2.69 bits per heavy atom. The number of methoxy groups -OCH3 is 1. The van der Waals surface area contributed by atoms with Crippen molar-refractivity contribution >= 4 is 28.7 Å². The molecule has 0 aromatic carbocycles. The second-order valence-corrected chi connectivity index (χ2v) is 9.53. The molecule has 0 saturated carbocycles. The molecular formula is C22H31ClN4O5. The van der Waals surface area contributed by atoms with Crippen LogP contribution in [0.2, 0.25) is 5.02 Å². The van der Waals surface area contributed by atoms with Gasteiger partial charge in [-0.1, -0.05) is 11.6 Å². The van der Waals surface area contributed by atoms with Crippen LogP contribution in [0.5, 0.6) is 5.88 Å². The lowest BCUT2D eigenvalue weighted by atomic mass is 9.93. The van der Waals surface area contributed by atoms with Crippen LogP contribution in [-0.4, -0.2) is 92.2 Å². The average molecular weight is 467 g/mol. The van der Waals surface area contributed by atoms with Gasteiger partial charge in [-0.2, -0.15) is 0 Å². The predicted octanol–water partition coefficient (Wildman–Crippen LogP) is 2.58. The molecule has 1 aliphatic rings. The van der Waals surface area contributed by atoms with Gasteiger partial charge in [0, 0.05) is 48.9 Å². The Morgan fingerprint density at radius 2 is 2.12 bits per heavy atom. The van der Waals surface area contributed by atoms with E-state index in [1.165, 1.54) is 12.0 Å². The zero-order chi connectivity index (χ0) is 23.6. The number of ether oxygens (including phenoxy) is 1. The van der Waals surface area contributed by atoms with E-state index >= 15 is 0 Å². The predicted molar refractivity (Wildman–Crippen MR) is 121 cm³/mol. The van der Waals surface area contributed by atoms with E-state index in [-0.39, 0.29) is 12.5 Å². The smallest absolute Gasteiger partial charge is 0.408 e. The summed E-state index contributed by atoms with van der Waals surface area (Å²) in [5.41, 5.74) is 1.26. The number of carboxylic acid groups (broad SMARTS) is 1. The minimum atomic E-state index is -1.04. The number of amides is 1. The molecule has 1 unspecified atom stereocenters. The highest BCUT2D eigenvalue weighted by molar-refractivity contribution is 6.32. The van der Waals surface area contributed by atoms with E-state index in [9.17, 15) is 20.1 Å². The minimum Gasteiger partial charge on any atom is -0.481 e. The Kier molecular flexibility index (Phi) is 7.44. The van der Waals surface area contributed by atoms with Gasteiger partial charge in [0.15, 0.2) is 0 Å². The molecule has 3 heterocycles. The number of carbonyl (C=O) groups is 1. The number of hydrogen-bond acceptors (Lipinski definition) is 7. The number of rotatable bonds is 6. The number of fused-ring (bicyclic) bond motifs is 1. The van der Waals surface area contributed by atoms with Gasteiger partial charge in [0.25, 0.3) is 0 Å². The summed E-state index contributed by atoms with van der Waals surface area (Å²) in [4.78, 5) is 24.0. The molecule has 1 fully saturated rings. The zero-order valence-electron chi connectivity index (χ0n) is 18.8. The van der Waals surface area contributed by atoms with Crippen molar-refractivity contribution in [2.45, 2.75) is 50.8 Å². The molecule has 0 bridgehead atoms. The normalized spacial score (nSPS) is 20.8. The van der Waals surface area contributed by atoms with Crippen molar-refractivity contribution in [2.75, 3.05) is 33.4 Å². The summed E-state index contributed by atoms with van der Waals surface area (Å²) in [6.07, 6.45) is 0.143. The second-order valence-electron chi connectivity index (χ2n) is 9.13. The first-order chi connectivity index (χ1) is 15.1. The number of hydrogen-bond donors (Lipinski definition) is 3. The van der Waals surface area contributed by atoms with Crippen LogP contribution in [0.15, 0.2) is 18.3 Å². The molecule has 1 saturated heterocycles. The fraction of sp³-hybridized carbons (Fsp3) is 0.591. The van der Waals surface area contributed by atoms with Crippen LogP contribution in [0, 0.1) is 0 Å². The fourth-order valence-corrected chi connectivity index (χ4v) is 4.77. The number of β-amino-alcohol motifs (C(OH)–C–C–N with tert-alkyl or cyclic N) is 1. The van der Waals surface area contributed by atoms with Crippen LogP contribution in [0.4, 0.5) is 4.79 Å². The summed E-state index contributed by atoms with van der Waals surface area (Å²) in [6.45, 7) is 6.59. The van der Waals surface area contributed by atoms with Gasteiger partial charge in [0.05, 0.1) is 41.9 Å². The van der Waals surface area contributed by atoms with Crippen LogP contribution in [0.25, 0.3) is 11.0 Å². The maximum atomic E-state index is 11.8. The van der Waals surface area contributed by atoms with Crippen LogP contribution in [0.1, 0.15) is 38.7 Å². The third-order valence-electron chi connectivity index (χ3n) is 5.89. The Morgan fingerprint density at radius 1 is 1.41 bits per heavy atom. The molecule has 0 radical (unpaired) electrons. The zero-order valence-corrected chi connectivity index (χ0v) is 19.6. The maximum Gasteiger partial charge on any atom is 0.408 e. The van der Waals surface area contributed by atoms with Gasteiger partial charge in [0.2, 0.25) is 5.88 Å². The van der Waals surface area contributed by atoms with Crippen LogP contribution >= 0.6 is 11.6 Å². The molecule has 0 spiro atoms. The molecule has 176 valence electrons. The lowest BCUT2D eigenvalue weighted by Crippen LogP contribution is -2.61. The van der Waals surface area contributed by atoms with E-state index in [4.69, 9.17) is 16.3 Å². The number of likely N-dealkylation sites (tertiary alicyclic amines) is 1. The Labute approximate surface area is 192 Å². The standard InChI is InChI=1S/C22H31ClN4O5/c1-22(2,3)27(21(30)31)16-7-8-26(11-17(16)29)10-13(12-28)19-14(23)9-24-15-5-6-18(32-4)25-20(15)19/h5-6,9,13,16-17,28-29H,7-8,10-12H2,1-4H3,(H,30,31)/t13?,16-,17-/m0/s1. The number of aliphatic hydroxyl groups is 2. The van der Waals surface area contributed by atoms with E-state index < -0.39 is 23.8 Å². The van der Waals surface area contributed by atoms with Crippen molar-refractivity contribution in [2.24, 2.45) is 0 Å². The van der Waals surface area contributed by atoms with Crippen LogP contribution in [-0.2, 0) is 0 Å². The molecule has 3 atom stereocenters. The van der Waals surface area contributed by atoms with Crippen molar-refractivity contribution < 1.29 is 24.9 Å².